The standard InChI is InChI=1S/C10H10FNO3/c1-6-3-7(11)5-8(4-6)12-9(13)10(14)15-2/h3-5H,1-2H3,(H,12,13). The van der Waals surface area contributed by atoms with Crippen LogP contribution < -0.4 is 5.32 Å². The SMILES string of the molecule is COC(=O)C(=O)Nc1cc(C)cc(F)c1. The second-order valence-electron chi connectivity index (χ2n) is 2.96. The van der Waals surface area contributed by atoms with Crippen LogP contribution in [0, 0.1) is 12.7 Å². The van der Waals surface area contributed by atoms with Crippen molar-refractivity contribution >= 4 is 17.6 Å². The fourth-order valence-corrected chi connectivity index (χ4v) is 1.08. The third-order valence-corrected chi connectivity index (χ3v) is 1.67. The van der Waals surface area contributed by atoms with E-state index >= 15 is 0 Å². The van der Waals surface area contributed by atoms with E-state index in [1.807, 2.05) is 0 Å². The Balaban J connectivity index is 2.81. The molecule has 5 heteroatoms. The molecular formula is C10H10FNO3. The van der Waals surface area contributed by atoms with E-state index < -0.39 is 17.7 Å². The maximum atomic E-state index is 12.9. The van der Waals surface area contributed by atoms with Gasteiger partial charge in [-0.15, -0.1) is 0 Å². The van der Waals surface area contributed by atoms with Crippen molar-refractivity contribution in [2.45, 2.75) is 6.92 Å². The van der Waals surface area contributed by atoms with E-state index in [0.29, 0.717) is 5.56 Å². The van der Waals surface area contributed by atoms with Gasteiger partial charge in [-0.05, 0) is 30.7 Å². The molecule has 0 saturated heterocycles. The van der Waals surface area contributed by atoms with Crippen molar-refractivity contribution in [1.82, 2.24) is 0 Å². The van der Waals surface area contributed by atoms with Gasteiger partial charge in [-0.25, -0.2) is 9.18 Å². The number of benzene rings is 1. The second-order valence-corrected chi connectivity index (χ2v) is 2.96. The lowest BCUT2D eigenvalue weighted by Gasteiger charge is -2.04. The summed E-state index contributed by atoms with van der Waals surface area (Å²) in [5.74, 6) is -2.42. The van der Waals surface area contributed by atoms with Gasteiger partial charge in [0.1, 0.15) is 5.82 Å². The van der Waals surface area contributed by atoms with E-state index in [0.717, 1.165) is 13.2 Å². The minimum absolute atomic E-state index is 0.225. The van der Waals surface area contributed by atoms with Crippen molar-refractivity contribution in [2.24, 2.45) is 0 Å². The van der Waals surface area contributed by atoms with Crippen LogP contribution in [0.1, 0.15) is 5.56 Å². The van der Waals surface area contributed by atoms with Gasteiger partial charge in [0.25, 0.3) is 0 Å². The largest absolute Gasteiger partial charge is 0.462 e. The number of hydrogen-bond donors (Lipinski definition) is 1. The highest BCUT2D eigenvalue weighted by Crippen LogP contribution is 2.13. The van der Waals surface area contributed by atoms with Crippen molar-refractivity contribution in [3.63, 3.8) is 0 Å². The van der Waals surface area contributed by atoms with E-state index in [4.69, 9.17) is 0 Å². The summed E-state index contributed by atoms with van der Waals surface area (Å²) >= 11 is 0. The smallest absolute Gasteiger partial charge is 0.396 e. The van der Waals surface area contributed by atoms with Crippen LogP contribution in [0.4, 0.5) is 10.1 Å². The van der Waals surface area contributed by atoms with Gasteiger partial charge in [0.05, 0.1) is 7.11 Å². The highest BCUT2D eigenvalue weighted by atomic mass is 19.1. The van der Waals surface area contributed by atoms with Crippen LogP contribution in [0.5, 0.6) is 0 Å². The molecule has 1 amide bonds. The molecule has 80 valence electrons. The summed E-state index contributed by atoms with van der Waals surface area (Å²) in [5, 5.41) is 2.22. The number of carbonyl (C=O) groups excluding carboxylic acids is 2. The lowest BCUT2D eigenvalue weighted by Crippen LogP contribution is -2.23. The number of ether oxygens (including phenoxy) is 1. The highest BCUT2D eigenvalue weighted by Gasteiger charge is 2.13. The van der Waals surface area contributed by atoms with Crippen LogP contribution in [-0.4, -0.2) is 19.0 Å². The predicted octanol–water partition coefficient (Wildman–Crippen LogP) is 1.25. The lowest BCUT2D eigenvalue weighted by molar-refractivity contribution is -0.150. The Hall–Kier alpha value is -1.91. The molecule has 0 unspecified atom stereocenters. The van der Waals surface area contributed by atoms with Crippen molar-refractivity contribution < 1.29 is 18.7 Å². The van der Waals surface area contributed by atoms with Gasteiger partial charge < -0.3 is 10.1 Å². The van der Waals surface area contributed by atoms with Crippen LogP contribution in [0.15, 0.2) is 18.2 Å². The summed E-state index contributed by atoms with van der Waals surface area (Å²) in [7, 11) is 1.10. The number of rotatable bonds is 1. The molecule has 0 saturated carbocycles. The molecule has 0 aromatic heterocycles. The van der Waals surface area contributed by atoms with Gasteiger partial charge in [0.15, 0.2) is 0 Å². The number of amides is 1. The highest BCUT2D eigenvalue weighted by molar-refractivity contribution is 6.37. The predicted molar refractivity (Wildman–Crippen MR) is 51.8 cm³/mol. The average molecular weight is 211 g/mol. The van der Waals surface area contributed by atoms with Crippen LogP contribution in [-0.2, 0) is 14.3 Å². The Bertz CT molecular complexity index is 383. The summed E-state index contributed by atoms with van der Waals surface area (Å²) in [6.45, 7) is 1.68. The van der Waals surface area contributed by atoms with E-state index in [9.17, 15) is 14.0 Å². The molecule has 1 aromatic rings. The number of nitrogens with one attached hydrogen (secondary N) is 1. The minimum Gasteiger partial charge on any atom is -0.462 e. The fraction of sp³-hybridized carbons (Fsp3) is 0.200. The molecule has 1 rings (SSSR count). The monoisotopic (exact) mass is 211 g/mol. The number of aryl methyl sites for hydroxylation is 1. The van der Waals surface area contributed by atoms with E-state index in [-0.39, 0.29) is 5.69 Å². The molecule has 0 radical (unpaired) electrons. The van der Waals surface area contributed by atoms with Crippen LogP contribution in [0.2, 0.25) is 0 Å². The molecular weight excluding hydrogens is 201 g/mol. The lowest BCUT2D eigenvalue weighted by atomic mass is 10.2. The van der Waals surface area contributed by atoms with Gasteiger partial charge in [0.2, 0.25) is 0 Å². The van der Waals surface area contributed by atoms with E-state index in [2.05, 4.69) is 10.1 Å². The van der Waals surface area contributed by atoms with E-state index in [1.165, 1.54) is 6.07 Å². The van der Waals surface area contributed by atoms with Gasteiger partial charge in [-0.2, -0.15) is 0 Å². The first kappa shape index (κ1) is 11.2. The molecule has 0 fully saturated rings. The number of esters is 1. The third-order valence-electron chi connectivity index (χ3n) is 1.67. The molecule has 0 atom stereocenters. The topological polar surface area (TPSA) is 55.4 Å². The Morgan fingerprint density at radius 2 is 2.00 bits per heavy atom. The number of methoxy groups -OCH3 is 1. The van der Waals surface area contributed by atoms with Crippen molar-refractivity contribution in [3.8, 4) is 0 Å². The summed E-state index contributed by atoms with van der Waals surface area (Å²) in [5.41, 5.74) is 0.873. The maximum Gasteiger partial charge on any atom is 0.396 e. The summed E-state index contributed by atoms with van der Waals surface area (Å²) in [4.78, 5) is 21.8. The van der Waals surface area contributed by atoms with Gasteiger partial charge in [0, 0.05) is 5.69 Å². The van der Waals surface area contributed by atoms with Gasteiger partial charge in [-0.1, -0.05) is 0 Å². The van der Waals surface area contributed by atoms with Crippen molar-refractivity contribution in [2.75, 3.05) is 12.4 Å². The van der Waals surface area contributed by atoms with Crippen molar-refractivity contribution in [1.29, 1.82) is 0 Å². The Kier molecular flexibility index (Phi) is 3.38. The maximum absolute atomic E-state index is 12.9. The zero-order valence-corrected chi connectivity index (χ0v) is 8.33. The zero-order valence-electron chi connectivity index (χ0n) is 8.33. The first-order valence-electron chi connectivity index (χ1n) is 4.19. The Morgan fingerprint density at radius 1 is 1.33 bits per heavy atom. The number of hydrogen-bond acceptors (Lipinski definition) is 3. The molecule has 4 nitrogen and oxygen atoms in total. The summed E-state index contributed by atoms with van der Waals surface area (Å²) in [6.07, 6.45) is 0. The molecule has 1 aromatic carbocycles. The fourth-order valence-electron chi connectivity index (χ4n) is 1.08. The molecule has 15 heavy (non-hydrogen) atoms. The van der Waals surface area contributed by atoms with Gasteiger partial charge >= 0.3 is 11.9 Å². The summed E-state index contributed by atoms with van der Waals surface area (Å²) in [6, 6.07) is 3.98. The number of carbonyl (C=O) groups is 2. The molecule has 0 spiro atoms. The normalized spacial score (nSPS) is 9.53. The molecule has 0 aliphatic heterocycles. The second kappa shape index (κ2) is 4.54. The van der Waals surface area contributed by atoms with Crippen molar-refractivity contribution in [3.05, 3.63) is 29.6 Å². The van der Waals surface area contributed by atoms with Gasteiger partial charge in [-0.3, -0.25) is 4.79 Å². The molecule has 0 heterocycles. The van der Waals surface area contributed by atoms with Crippen LogP contribution >= 0.6 is 0 Å². The summed E-state index contributed by atoms with van der Waals surface area (Å²) < 4.78 is 17.1. The van der Waals surface area contributed by atoms with Crippen LogP contribution in [0.3, 0.4) is 0 Å². The first-order chi connectivity index (χ1) is 7.02. The molecule has 1 N–H and O–H groups in total. The first-order valence-corrected chi connectivity index (χ1v) is 4.19. The minimum atomic E-state index is -1.02. The number of anilines is 1. The molecule has 0 aliphatic carbocycles. The van der Waals surface area contributed by atoms with Crippen LogP contribution in [0.25, 0.3) is 0 Å². The third kappa shape index (κ3) is 3.05. The number of halogens is 1. The zero-order chi connectivity index (χ0) is 11.4. The average Bonchev–Trinajstić information content (AvgIpc) is 2.14. The Morgan fingerprint density at radius 3 is 2.53 bits per heavy atom. The Labute approximate surface area is 86.0 Å². The molecule has 0 aliphatic rings. The quantitative estimate of drug-likeness (QED) is 0.561. The van der Waals surface area contributed by atoms with E-state index in [1.54, 1.807) is 13.0 Å². The molecule has 0 bridgehead atoms.